The summed E-state index contributed by atoms with van der Waals surface area (Å²) in [6.45, 7) is 3.30. The van der Waals surface area contributed by atoms with Crippen LogP contribution >= 0.6 is 22.9 Å². The van der Waals surface area contributed by atoms with Crippen LogP contribution in [0, 0.1) is 13.8 Å². The van der Waals surface area contributed by atoms with Gasteiger partial charge in [0, 0.05) is 23.7 Å². The fourth-order valence-corrected chi connectivity index (χ4v) is 4.55. The van der Waals surface area contributed by atoms with E-state index in [1.54, 1.807) is 25.6 Å². The van der Waals surface area contributed by atoms with E-state index in [4.69, 9.17) is 17.3 Å². The molecule has 0 aliphatic carbocycles. The smallest absolute Gasteiger partial charge is 0.280 e. The summed E-state index contributed by atoms with van der Waals surface area (Å²) in [5.41, 5.74) is 7.41. The van der Waals surface area contributed by atoms with Gasteiger partial charge in [0.2, 0.25) is 5.91 Å². The topological polar surface area (TPSA) is 121 Å². The zero-order valence-corrected chi connectivity index (χ0v) is 19.3. The zero-order chi connectivity index (χ0) is 24.0. The van der Waals surface area contributed by atoms with Crippen LogP contribution in [0.2, 0.25) is 5.02 Å². The number of amides is 2. The van der Waals surface area contributed by atoms with E-state index in [2.05, 4.69) is 20.5 Å². The molecule has 0 aliphatic heterocycles. The van der Waals surface area contributed by atoms with Gasteiger partial charge in [-0.1, -0.05) is 11.6 Å². The molecule has 4 rings (SSSR count). The van der Waals surface area contributed by atoms with Crippen molar-refractivity contribution >= 4 is 50.7 Å². The highest BCUT2D eigenvalue weighted by molar-refractivity contribution is 7.21. The van der Waals surface area contributed by atoms with Crippen molar-refractivity contribution in [3.05, 3.63) is 45.4 Å². The van der Waals surface area contributed by atoms with E-state index in [1.165, 1.54) is 23.1 Å². The molecule has 0 unspecified atom stereocenters. The number of rotatable bonds is 6. The zero-order valence-electron chi connectivity index (χ0n) is 17.7. The maximum atomic E-state index is 13.6. The Hall–Kier alpha value is -3.38. The number of nitrogens with two attached hydrogens (primary N) is 1. The van der Waals surface area contributed by atoms with Gasteiger partial charge in [-0.05, 0) is 25.5 Å². The maximum Gasteiger partial charge on any atom is 0.280 e. The van der Waals surface area contributed by atoms with Gasteiger partial charge < -0.3 is 11.1 Å². The molecule has 0 saturated heterocycles. The Kier molecular flexibility index (Phi) is 5.89. The molecule has 0 atom stereocenters. The van der Waals surface area contributed by atoms with Crippen LogP contribution in [0.15, 0.2) is 18.5 Å². The van der Waals surface area contributed by atoms with Gasteiger partial charge >= 0.3 is 0 Å². The number of aromatic nitrogens is 5. The molecular formula is C20H18ClF2N7O2S. The highest BCUT2D eigenvalue weighted by Gasteiger charge is 2.26. The number of carbonyl (C=O) groups is 2. The second kappa shape index (κ2) is 8.52. The van der Waals surface area contributed by atoms with Crippen LogP contribution in [0.3, 0.4) is 0 Å². The number of hydrogen-bond acceptors (Lipinski definition) is 6. The Labute approximate surface area is 195 Å². The summed E-state index contributed by atoms with van der Waals surface area (Å²) in [5, 5.41) is 11.7. The summed E-state index contributed by atoms with van der Waals surface area (Å²) in [6.07, 6.45) is 0.106. The maximum absolute atomic E-state index is 13.6. The number of alkyl halides is 2. The van der Waals surface area contributed by atoms with Crippen molar-refractivity contribution < 1.29 is 18.4 Å². The quantitative estimate of drug-likeness (QED) is 0.422. The Morgan fingerprint density at radius 3 is 2.48 bits per heavy atom. The Balaban J connectivity index is 1.90. The van der Waals surface area contributed by atoms with Crippen LogP contribution < -0.4 is 11.1 Å². The van der Waals surface area contributed by atoms with Crippen LogP contribution in [0.4, 0.5) is 14.5 Å². The largest absolute Gasteiger partial charge is 0.365 e. The van der Waals surface area contributed by atoms with Crippen molar-refractivity contribution in [3.8, 4) is 11.1 Å². The van der Waals surface area contributed by atoms with Crippen LogP contribution in [-0.2, 0) is 18.4 Å². The van der Waals surface area contributed by atoms with E-state index < -0.39 is 23.9 Å². The molecular weight excluding hydrogens is 476 g/mol. The molecule has 4 aromatic heterocycles. The lowest BCUT2D eigenvalue weighted by atomic mass is 10.0. The first kappa shape index (κ1) is 22.8. The fourth-order valence-electron chi connectivity index (χ4n) is 3.40. The van der Waals surface area contributed by atoms with Crippen molar-refractivity contribution in [1.82, 2.24) is 24.5 Å². The van der Waals surface area contributed by atoms with E-state index in [0.717, 1.165) is 11.3 Å². The highest BCUT2D eigenvalue weighted by atomic mass is 35.5. The average Bonchev–Trinajstić information content (AvgIpc) is 3.39. The minimum absolute atomic E-state index is 0.00437. The standard InChI is InChI=1S/C20H18ClF2N7O2S/c1-8-11(5-25-29(8)3)10-4-13(18(22)23)27-20-15(10)16(17(33-20)19(24)32)28-14(31)7-30-9(2)12(21)6-26-30/h4-6,18H,7H2,1-3H3,(H2,24,32)(H,28,31). The van der Waals surface area contributed by atoms with E-state index >= 15 is 0 Å². The molecule has 4 heterocycles. The van der Waals surface area contributed by atoms with E-state index in [-0.39, 0.29) is 21.9 Å². The first-order valence-corrected chi connectivity index (χ1v) is 10.8. The Bertz CT molecular complexity index is 1410. The highest BCUT2D eigenvalue weighted by Crippen LogP contribution is 2.43. The van der Waals surface area contributed by atoms with Crippen LogP contribution in [0.5, 0.6) is 0 Å². The van der Waals surface area contributed by atoms with Crippen molar-refractivity contribution in [2.45, 2.75) is 26.8 Å². The average molecular weight is 494 g/mol. The number of fused-ring (bicyclic) bond motifs is 1. The summed E-state index contributed by atoms with van der Waals surface area (Å²) in [5.74, 6) is -1.33. The summed E-state index contributed by atoms with van der Waals surface area (Å²) >= 11 is 6.83. The van der Waals surface area contributed by atoms with E-state index in [9.17, 15) is 18.4 Å². The third-order valence-electron chi connectivity index (χ3n) is 5.26. The number of pyridine rings is 1. The van der Waals surface area contributed by atoms with Crippen LogP contribution in [0.1, 0.15) is 33.2 Å². The SMILES string of the molecule is Cc1c(-c2cc(C(F)F)nc3sc(C(N)=O)c(NC(=O)Cn4ncc(Cl)c4C)c23)cnn1C. The van der Waals surface area contributed by atoms with Gasteiger partial charge in [0.1, 0.15) is 21.9 Å². The molecule has 0 aliphatic rings. The first-order chi connectivity index (χ1) is 15.6. The van der Waals surface area contributed by atoms with Crippen LogP contribution in [-0.4, -0.2) is 36.4 Å². The number of anilines is 1. The normalized spacial score (nSPS) is 11.5. The third kappa shape index (κ3) is 4.07. The molecule has 172 valence electrons. The van der Waals surface area contributed by atoms with Gasteiger partial charge in [0.15, 0.2) is 0 Å². The molecule has 13 heteroatoms. The molecule has 9 nitrogen and oxygen atoms in total. The molecule has 0 bridgehead atoms. The first-order valence-electron chi connectivity index (χ1n) is 9.60. The monoisotopic (exact) mass is 493 g/mol. The molecule has 3 N–H and O–H groups in total. The lowest BCUT2D eigenvalue weighted by Gasteiger charge is -2.11. The minimum atomic E-state index is -2.84. The van der Waals surface area contributed by atoms with Gasteiger partial charge in [-0.15, -0.1) is 11.3 Å². The lowest BCUT2D eigenvalue weighted by Crippen LogP contribution is -2.22. The molecule has 0 fully saturated rings. The second-order valence-corrected chi connectivity index (χ2v) is 8.70. The van der Waals surface area contributed by atoms with Crippen molar-refractivity contribution in [2.24, 2.45) is 12.8 Å². The van der Waals surface area contributed by atoms with Gasteiger partial charge in [0.25, 0.3) is 12.3 Å². The predicted molar refractivity (Wildman–Crippen MR) is 121 cm³/mol. The third-order valence-corrected chi connectivity index (χ3v) is 6.72. The molecule has 0 radical (unpaired) electrons. The van der Waals surface area contributed by atoms with Gasteiger partial charge in [-0.2, -0.15) is 10.2 Å². The van der Waals surface area contributed by atoms with Gasteiger partial charge in [-0.3, -0.25) is 19.0 Å². The molecule has 0 spiro atoms. The molecule has 4 aromatic rings. The number of primary amides is 1. The molecule has 2 amide bonds. The fraction of sp³-hybridized carbons (Fsp3) is 0.250. The number of nitrogens with one attached hydrogen (secondary N) is 1. The summed E-state index contributed by atoms with van der Waals surface area (Å²) in [6, 6.07) is 1.24. The summed E-state index contributed by atoms with van der Waals surface area (Å²) in [4.78, 5) is 29.2. The van der Waals surface area contributed by atoms with Gasteiger partial charge in [0.05, 0.1) is 28.8 Å². The van der Waals surface area contributed by atoms with Crippen molar-refractivity contribution in [3.63, 3.8) is 0 Å². The molecule has 0 saturated carbocycles. The lowest BCUT2D eigenvalue weighted by molar-refractivity contribution is -0.116. The second-order valence-electron chi connectivity index (χ2n) is 7.30. The number of hydrogen-bond donors (Lipinski definition) is 2. The van der Waals surface area contributed by atoms with E-state index in [0.29, 0.717) is 32.9 Å². The number of thiophene rings is 1. The van der Waals surface area contributed by atoms with Gasteiger partial charge in [-0.25, -0.2) is 13.8 Å². The Morgan fingerprint density at radius 1 is 1.21 bits per heavy atom. The van der Waals surface area contributed by atoms with Crippen molar-refractivity contribution in [1.29, 1.82) is 0 Å². The number of nitrogens with zero attached hydrogens (tertiary/aromatic N) is 5. The molecule has 0 aromatic carbocycles. The number of carbonyl (C=O) groups excluding carboxylic acids is 2. The predicted octanol–water partition coefficient (Wildman–Crippen LogP) is 3.84. The Morgan fingerprint density at radius 2 is 1.94 bits per heavy atom. The summed E-state index contributed by atoms with van der Waals surface area (Å²) < 4.78 is 30.2. The minimum Gasteiger partial charge on any atom is -0.365 e. The number of aryl methyl sites for hydroxylation is 1. The van der Waals surface area contributed by atoms with Crippen LogP contribution in [0.25, 0.3) is 21.3 Å². The number of halogens is 3. The van der Waals surface area contributed by atoms with Crippen molar-refractivity contribution in [2.75, 3.05) is 5.32 Å². The summed E-state index contributed by atoms with van der Waals surface area (Å²) in [7, 11) is 1.72. The van der Waals surface area contributed by atoms with E-state index in [1.807, 2.05) is 0 Å². The molecule has 33 heavy (non-hydrogen) atoms.